The number of nitrogens with zero attached hydrogens (tertiary/aromatic N) is 2. The van der Waals surface area contributed by atoms with Gasteiger partial charge >= 0.3 is 5.97 Å². The van der Waals surface area contributed by atoms with Crippen LogP contribution < -0.4 is 4.74 Å². The monoisotopic (exact) mass is 331 g/mol. The number of halogens is 1. The minimum atomic E-state index is -0.512. The maximum absolute atomic E-state index is 12.0. The number of hydrogen-bond acceptors (Lipinski definition) is 5. The van der Waals surface area contributed by atoms with Crippen LogP contribution in [-0.2, 0) is 4.74 Å². The van der Waals surface area contributed by atoms with E-state index in [0.717, 1.165) is 12.8 Å². The van der Waals surface area contributed by atoms with Gasteiger partial charge in [0.15, 0.2) is 11.4 Å². The Hall–Kier alpha value is -2.52. The SMILES string of the molecule is CCOC(=O)c1[nH]nc(C2CC2)c1Oc1ccc(C#N)c(Cl)c1. The van der Waals surface area contributed by atoms with E-state index in [0.29, 0.717) is 33.7 Å². The second kappa shape index (κ2) is 6.31. The number of ether oxygens (including phenoxy) is 2. The number of hydrogen-bond donors (Lipinski definition) is 1. The number of rotatable bonds is 5. The van der Waals surface area contributed by atoms with E-state index in [1.54, 1.807) is 25.1 Å². The van der Waals surface area contributed by atoms with Crippen molar-refractivity contribution in [2.24, 2.45) is 0 Å². The number of nitrogens with one attached hydrogen (secondary N) is 1. The zero-order valence-electron chi connectivity index (χ0n) is 12.4. The van der Waals surface area contributed by atoms with Gasteiger partial charge in [0, 0.05) is 12.0 Å². The Balaban J connectivity index is 1.94. The van der Waals surface area contributed by atoms with Crippen molar-refractivity contribution in [2.75, 3.05) is 6.61 Å². The molecule has 0 amide bonds. The van der Waals surface area contributed by atoms with E-state index in [-0.39, 0.29) is 12.3 Å². The largest absolute Gasteiger partial charge is 0.461 e. The molecule has 0 spiro atoms. The second-order valence-corrected chi connectivity index (χ2v) is 5.57. The van der Waals surface area contributed by atoms with Crippen LogP contribution in [0.25, 0.3) is 0 Å². The van der Waals surface area contributed by atoms with Crippen molar-refractivity contribution in [1.29, 1.82) is 5.26 Å². The van der Waals surface area contributed by atoms with Gasteiger partial charge in [-0.3, -0.25) is 5.10 Å². The number of aromatic amines is 1. The van der Waals surface area contributed by atoms with Crippen LogP contribution in [-0.4, -0.2) is 22.8 Å². The van der Waals surface area contributed by atoms with Gasteiger partial charge in [-0.15, -0.1) is 0 Å². The van der Waals surface area contributed by atoms with Crippen LogP contribution in [0, 0.1) is 11.3 Å². The number of benzene rings is 1. The van der Waals surface area contributed by atoms with Gasteiger partial charge in [0.2, 0.25) is 0 Å². The van der Waals surface area contributed by atoms with Crippen LogP contribution in [0.5, 0.6) is 11.5 Å². The average Bonchev–Trinajstić information content (AvgIpc) is 3.29. The molecule has 0 aliphatic heterocycles. The van der Waals surface area contributed by atoms with Crippen LogP contribution in [0.15, 0.2) is 18.2 Å². The lowest BCUT2D eigenvalue weighted by atomic mass is 10.2. The summed E-state index contributed by atoms with van der Waals surface area (Å²) in [6, 6.07) is 6.72. The van der Waals surface area contributed by atoms with Crippen LogP contribution in [0.3, 0.4) is 0 Å². The Kier molecular flexibility index (Phi) is 4.22. The summed E-state index contributed by atoms with van der Waals surface area (Å²) < 4.78 is 10.9. The summed E-state index contributed by atoms with van der Waals surface area (Å²) in [6.07, 6.45) is 2.02. The lowest BCUT2D eigenvalue weighted by molar-refractivity contribution is 0.0516. The highest BCUT2D eigenvalue weighted by Crippen LogP contribution is 2.45. The van der Waals surface area contributed by atoms with Crippen LogP contribution in [0.4, 0.5) is 0 Å². The summed E-state index contributed by atoms with van der Waals surface area (Å²) in [7, 11) is 0. The molecule has 1 saturated carbocycles. The molecule has 1 aromatic carbocycles. The Bertz CT molecular complexity index is 790. The molecule has 0 bridgehead atoms. The zero-order valence-corrected chi connectivity index (χ0v) is 13.2. The summed E-state index contributed by atoms with van der Waals surface area (Å²) in [6.45, 7) is 2.00. The average molecular weight is 332 g/mol. The molecular formula is C16H14ClN3O3. The van der Waals surface area contributed by atoms with E-state index in [2.05, 4.69) is 10.2 Å². The predicted octanol–water partition coefficient (Wildman–Crippen LogP) is 3.78. The molecule has 0 saturated heterocycles. The van der Waals surface area contributed by atoms with E-state index in [1.807, 2.05) is 6.07 Å². The first kappa shape index (κ1) is 15.4. The third kappa shape index (κ3) is 3.15. The van der Waals surface area contributed by atoms with Crippen molar-refractivity contribution in [3.8, 4) is 17.6 Å². The fourth-order valence-corrected chi connectivity index (χ4v) is 2.40. The normalized spacial score (nSPS) is 13.4. The molecule has 1 N–H and O–H groups in total. The summed E-state index contributed by atoms with van der Waals surface area (Å²) in [5.41, 5.74) is 1.27. The van der Waals surface area contributed by atoms with E-state index < -0.39 is 5.97 Å². The highest BCUT2D eigenvalue weighted by molar-refractivity contribution is 6.31. The number of aromatic nitrogens is 2. The van der Waals surface area contributed by atoms with Crippen molar-refractivity contribution >= 4 is 17.6 Å². The first-order valence-corrected chi connectivity index (χ1v) is 7.64. The zero-order chi connectivity index (χ0) is 16.4. The number of esters is 1. The van der Waals surface area contributed by atoms with Gasteiger partial charge in [-0.1, -0.05) is 11.6 Å². The van der Waals surface area contributed by atoms with Gasteiger partial charge in [0.05, 0.1) is 17.2 Å². The third-order valence-electron chi connectivity index (χ3n) is 3.47. The minimum Gasteiger partial charge on any atom is -0.461 e. The first-order valence-electron chi connectivity index (χ1n) is 7.27. The molecule has 1 aliphatic rings. The van der Waals surface area contributed by atoms with Crippen molar-refractivity contribution in [3.05, 3.63) is 40.2 Å². The smallest absolute Gasteiger partial charge is 0.360 e. The Labute approximate surface area is 138 Å². The summed E-state index contributed by atoms with van der Waals surface area (Å²) in [4.78, 5) is 12.0. The van der Waals surface area contributed by atoms with Gasteiger partial charge in [0.25, 0.3) is 0 Å². The maximum Gasteiger partial charge on any atom is 0.360 e. The Morgan fingerprint density at radius 1 is 1.52 bits per heavy atom. The third-order valence-corrected chi connectivity index (χ3v) is 3.79. The van der Waals surface area contributed by atoms with Crippen molar-refractivity contribution < 1.29 is 14.3 Å². The van der Waals surface area contributed by atoms with Crippen LogP contribution in [0.1, 0.15) is 47.4 Å². The molecule has 0 atom stereocenters. The van der Waals surface area contributed by atoms with Crippen LogP contribution in [0.2, 0.25) is 5.02 Å². The first-order chi connectivity index (χ1) is 11.1. The van der Waals surface area contributed by atoms with E-state index >= 15 is 0 Å². The van der Waals surface area contributed by atoms with Gasteiger partial charge in [-0.05, 0) is 31.9 Å². The molecule has 118 valence electrons. The van der Waals surface area contributed by atoms with E-state index in [1.165, 1.54) is 0 Å². The number of nitriles is 1. The van der Waals surface area contributed by atoms with Gasteiger partial charge in [0.1, 0.15) is 17.5 Å². The molecule has 1 aliphatic carbocycles. The fourth-order valence-electron chi connectivity index (χ4n) is 2.19. The van der Waals surface area contributed by atoms with Gasteiger partial charge in [-0.2, -0.15) is 10.4 Å². The van der Waals surface area contributed by atoms with E-state index in [4.69, 9.17) is 26.3 Å². The second-order valence-electron chi connectivity index (χ2n) is 5.16. The van der Waals surface area contributed by atoms with Crippen molar-refractivity contribution in [2.45, 2.75) is 25.7 Å². The van der Waals surface area contributed by atoms with E-state index in [9.17, 15) is 4.79 Å². The molecule has 0 unspecified atom stereocenters. The van der Waals surface area contributed by atoms with Crippen LogP contribution >= 0.6 is 11.6 Å². The number of carbonyl (C=O) groups excluding carboxylic acids is 1. The highest BCUT2D eigenvalue weighted by atomic mass is 35.5. The molecule has 23 heavy (non-hydrogen) atoms. The molecule has 1 aromatic heterocycles. The fraction of sp³-hybridized carbons (Fsp3) is 0.312. The summed E-state index contributed by atoms with van der Waals surface area (Å²) in [5.74, 6) is 0.578. The molecule has 7 heteroatoms. The molecule has 1 fully saturated rings. The molecule has 1 heterocycles. The molecule has 0 radical (unpaired) electrons. The lowest BCUT2D eigenvalue weighted by Crippen LogP contribution is -2.06. The molecule has 2 aromatic rings. The number of carbonyl (C=O) groups is 1. The highest BCUT2D eigenvalue weighted by Gasteiger charge is 2.33. The Morgan fingerprint density at radius 2 is 2.30 bits per heavy atom. The summed E-state index contributed by atoms with van der Waals surface area (Å²) >= 11 is 6.02. The maximum atomic E-state index is 12.0. The predicted molar refractivity (Wildman–Crippen MR) is 82.8 cm³/mol. The van der Waals surface area contributed by atoms with Gasteiger partial charge in [-0.25, -0.2) is 4.79 Å². The summed E-state index contributed by atoms with van der Waals surface area (Å²) in [5, 5.41) is 16.1. The molecule has 3 rings (SSSR count). The van der Waals surface area contributed by atoms with Crippen molar-refractivity contribution in [1.82, 2.24) is 10.2 Å². The van der Waals surface area contributed by atoms with Crippen molar-refractivity contribution in [3.63, 3.8) is 0 Å². The minimum absolute atomic E-state index is 0.189. The molecule has 6 nitrogen and oxygen atoms in total. The quantitative estimate of drug-likeness (QED) is 0.842. The van der Waals surface area contributed by atoms with Gasteiger partial charge < -0.3 is 9.47 Å². The standard InChI is InChI=1S/C16H14ClN3O3/c1-2-22-16(21)14-15(13(19-20-14)9-3-4-9)23-11-6-5-10(8-18)12(17)7-11/h5-7,9H,2-4H2,1H3,(H,19,20). The molecular weight excluding hydrogens is 318 g/mol. The number of H-pyrrole nitrogens is 1. The Morgan fingerprint density at radius 3 is 2.91 bits per heavy atom. The lowest BCUT2D eigenvalue weighted by Gasteiger charge is -2.08. The topological polar surface area (TPSA) is 88.0 Å².